The van der Waals surface area contributed by atoms with Gasteiger partial charge in [-0.05, 0) is 35.9 Å². The van der Waals surface area contributed by atoms with Gasteiger partial charge in [-0.1, -0.05) is 22.0 Å². The maximum atomic E-state index is 13.1. The highest BCUT2D eigenvalue weighted by Gasteiger charge is 2.04. The standard InChI is InChI=1S/C13H10BrF2NS/c14-13-5-9(15)2-1-8(13)7-18-12-4-10(16)3-11(17)6-12/h1-6H,7,17H2. The van der Waals surface area contributed by atoms with Crippen molar-refractivity contribution in [1.82, 2.24) is 0 Å². The van der Waals surface area contributed by atoms with E-state index in [1.165, 1.54) is 36.0 Å². The molecule has 0 saturated heterocycles. The second-order valence-electron chi connectivity index (χ2n) is 3.74. The topological polar surface area (TPSA) is 26.0 Å². The van der Waals surface area contributed by atoms with Gasteiger partial charge >= 0.3 is 0 Å². The summed E-state index contributed by atoms with van der Waals surface area (Å²) in [6.07, 6.45) is 0. The third-order valence-electron chi connectivity index (χ3n) is 2.30. The molecule has 2 N–H and O–H groups in total. The van der Waals surface area contributed by atoms with E-state index in [2.05, 4.69) is 15.9 Å². The fraction of sp³-hybridized carbons (Fsp3) is 0.0769. The molecule has 0 aliphatic heterocycles. The Bertz CT molecular complexity index is 555. The minimum Gasteiger partial charge on any atom is -0.399 e. The highest BCUT2D eigenvalue weighted by Crippen LogP contribution is 2.29. The zero-order valence-corrected chi connectivity index (χ0v) is 11.7. The van der Waals surface area contributed by atoms with Crippen molar-refractivity contribution in [2.75, 3.05) is 5.73 Å². The van der Waals surface area contributed by atoms with Crippen LogP contribution in [0.1, 0.15) is 5.56 Å². The molecule has 1 nitrogen and oxygen atoms in total. The molecule has 0 bridgehead atoms. The predicted octanol–water partition coefficient (Wildman–Crippen LogP) is 4.60. The van der Waals surface area contributed by atoms with Crippen LogP contribution in [0.2, 0.25) is 0 Å². The number of nitrogens with two attached hydrogens (primary N) is 1. The lowest BCUT2D eigenvalue weighted by molar-refractivity contribution is 0.625. The largest absolute Gasteiger partial charge is 0.399 e. The molecular weight excluding hydrogens is 320 g/mol. The van der Waals surface area contributed by atoms with Crippen molar-refractivity contribution in [2.24, 2.45) is 0 Å². The number of nitrogen functional groups attached to an aromatic ring is 1. The Hall–Kier alpha value is -1.07. The first-order valence-electron chi connectivity index (χ1n) is 5.17. The number of hydrogen-bond donors (Lipinski definition) is 1. The van der Waals surface area contributed by atoms with Gasteiger partial charge in [0.25, 0.3) is 0 Å². The molecule has 2 aromatic carbocycles. The predicted molar refractivity (Wildman–Crippen MR) is 74.5 cm³/mol. The average Bonchev–Trinajstić information content (AvgIpc) is 2.26. The molecule has 0 spiro atoms. The third kappa shape index (κ3) is 3.46. The lowest BCUT2D eigenvalue weighted by Gasteiger charge is -2.06. The van der Waals surface area contributed by atoms with E-state index in [0.29, 0.717) is 15.9 Å². The second kappa shape index (κ2) is 5.71. The summed E-state index contributed by atoms with van der Waals surface area (Å²) in [4.78, 5) is 0.753. The third-order valence-corrected chi connectivity index (χ3v) is 4.07. The molecule has 2 aromatic rings. The molecule has 0 radical (unpaired) electrons. The minimum absolute atomic E-state index is 0.286. The Balaban J connectivity index is 2.11. The van der Waals surface area contributed by atoms with Crippen molar-refractivity contribution in [2.45, 2.75) is 10.6 Å². The molecule has 0 saturated carbocycles. The molecule has 0 fully saturated rings. The van der Waals surface area contributed by atoms with Gasteiger partial charge in [-0.3, -0.25) is 0 Å². The fourth-order valence-corrected chi connectivity index (χ4v) is 3.13. The molecular formula is C13H10BrF2NS. The molecule has 0 aliphatic rings. The summed E-state index contributed by atoms with van der Waals surface area (Å²) in [7, 11) is 0. The number of benzene rings is 2. The van der Waals surface area contributed by atoms with Crippen LogP contribution in [-0.4, -0.2) is 0 Å². The summed E-state index contributed by atoms with van der Waals surface area (Å²) < 4.78 is 26.8. The van der Waals surface area contributed by atoms with Crippen LogP contribution in [0.15, 0.2) is 45.8 Å². The van der Waals surface area contributed by atoms with E-state index in [-0.39, 0.29) is 11.6 Å². The first-order chi connectivity index (χ1) is 8.54. The van der Waals surface area contributed by atoms with E-state index in [1.807, 2.05) is 0 Å². The van der Waals surface area contributed by atoms with Crippen molar-refractivity contribution in [1.29, 1.82) is 0 Å². The summed E-state index contributed by atoms with van der Waals surface area (Å²) in [5.74, 6) is -0.0229. The van der Waals surface area contributed by atoms with Gasteiger partial charge in [-0.15, -0.1) is 11.8 Å². The molecule has 0 aliphatic carbocycles. The van der Waals surface area contributed by atoms with Gasteiger partial charge in [0.1, 0.15) is 11.6 Å². The van der Waals surface area contributed by atoms with E-state index in [4.69, 9.17) is 5.73 Å². The van der Waals surface area contributed by atoms with Gasteiger partial charge in [0.2, 0.25) is 0 Å². The zero-order valence-electron chi connectivity index (χ0n) is 9.29. The zero-order chi connectivity index (χ0) is 13.1. The SMILES string of the molecule is Nc1cc(F)cc(SCc2ccc(F)cc2Br)c1. The maximum absolute atomic E-state index is 13.1. The minimum atomic E-state index is -0.351. The van der Waals surface area contributed by atoms with Gasteiger partial charge < -0.3 is 5.73 Å². The highest BCUT2D eigenvalue weighted by molar-refractivity contribution is 9.10. The van der Waals surface area contributed by atoms with Crippen LogP contribution in [-0.2, 0) is 5.75 Å². The van der Waals surface area contributed by atoms with Crippen LogP contribution in [0.5, 0.6) is 0 Å². The van der Waals surface area contributed by atoms with E-state index in [9.17, 15) is 8.78 Å². The summed E-state index contributed by atoms with van der Waals surface area (Å²) in [5.41, 5.74) is 6.91. The number of halogens is 3. The van der Waals surface area contributed by atoms with Crippen LogP contribution in [0.4, 0.5) is 14.5 Å². The molecule has 0 atom stereocenters. The Kier molecular flexibility index (Phi) is 4.24. The quantitative estimate of drug-likeness (QED) is 0.657. The summed E-state index contributed by atoms with van der Waals surface area (Å²) in [6.45, 7) is 0. The number of hydrogen-bond acceptors (Lipinski definition) is 2. The van der Waals surface area contributed by atoms with Crippen LogP contribution < -0.4 is 5.73 Å². The van der Waals surface area contributed by atoms with Gasteiger partial charge in [-0.2, -0.15) is 0 Å². The first kappa shape index (κ1) is 13.4. The van der Waals surface area contributed by atoms with E-state index >= 15 is 0 Å². The summed E-state index contributed by atoms with van der Waals surface area (Å²) in [5, 5.41) is 0. The van der Waals surface area contributed by atoms with Gasteiger partial charge in [0, 0.05) is 20.8 Å². The molecule has 94 valence electrons. The highest BCUT2D eigenvalue weighted by atomic mass is 79.9. The fourth-order valence-electron chi connectivity index (χ4n) is 1.47. The Morgan fingerprint density at radius 2 is 1.83 bits per heavy atom. The average molecular weight is 330 g/mol. The van der Waals surface area contributed by atoms with Crippen LogP contribution in [0.25, 0.3) is 0 Å². The molecule has 5 heteroatoms. The van der Waals surface area contributed by atoms with Crippen molar-refractivity contribution in [3.8, 4) is 0 Å². The Labute approximate surface area is 117 Å². The molecule has 0 unspecified atom stereocenters. The smallest absolute Gasteiger partial charge is 0.126 e. The van der Waals surface area contributed by atoms with E-state index < -0.39 is 0 Å². The van der Waals surface area contributed by atoms with Gasteiger partial charge in [0.15, 0.2) is 0 Å². The van der Waals surface area contributed by atoms with Crippen molar-refractivity contribution < 1.29 is 8.78 Å². The van der Waals surface area contributed by atoms with Crippen molar-refractivity contribution >= 4 is 33.4 Å². The van der Waals surface area contributed by atoms with E-state index in [0.717, 1.165) is 10.5 Å². The van der Waals surface area contributed by atoms with Crippen molar-refractivity contribution in [3.63, 3.8) is 0 Å². The first-order valence-corrected chi connectivity index (χ1v) is 6.95. The summed E-state index contributed by atoms with van der Waals surface area (Å²) >= 11 is 4.75. The molecule has 18 heavy (non-hydrogen) atoms. The van der Waals surface area contributed by atoms with E-state index in [1.54, 1.807) is 12.1 Å². The van der Waals surface area contributed by atoms with Crippen molar-refractivity contribution in [3.05, 3.63) is 58.1 Å². The monoisotopic (exact) mass is 329 g/mol. The number of thioether (sulfide) groups is 1. The van der Waals surface area contributed by atoms with Gasteiger partial charge in [0.05, 0.1) is 0 Å². The summed E-state index contributed by atoms with van der Waals surface area (Å²) in [6, 6.07) is 8.94. The van der Waals surface area contributed by atoms with Gasteiger partial charge in [-0.25, -0.2) is 8.78 Å². The number of anilines is 1. The molecule has 0 amide bonds. The lowest BCUT2D eigenvalue weighted by atomic mass is 10.2. The lowest BCUT2D eigenvalue weighted by Crippen LogP contribution is -1.89. The number of rotatable bonds is 3. The molecule has 0 aromatic heterocycles. The maximum Gasteiger partial charge on any atom is 0.126 e. The van der Waals surface area contributed by atoms with Crippen LogP contribution in [0, 0.1) is 11.6 Å². The Morgan fingerprint density at radius 3 is 2.50 bits per heavy atom. The van der Waals surface area contributed by atoms with Crippen LogP contribution in [0.3, 0.4) is 0 Å². The van der Waals surface area contributed by atoms with Crippen LogP contribution >= 0.6 is 27.7 Å². The molecule has 0 heterocycles. The Morgan fingerprint density at radius 1 is 1.06 bits per heavy atom. The normalized spacial score (nSPS) is 10.6. The second-order valence-corrected chi connectivity index (χ2v) is 5.65. The molecule has 2 rings (SSSR count).